The van der Waals surface area contributed by atoms with Gasteiger partial charge in [-0.25, -0.2) is 9.78 Å². The minimum Gasteiger partial charge on any atom is -0.444 e. The van der Waals surface area contributed by atoms with E-state index in [1.807, 2.05) is 32.9 Å². The predicted octanol–water partition coefficient (Wildman–Crippen LogP) is 4.48. The van der Waals surface area contributed by atoms with Crippen LogP contribution in [-0.2, 0) is 11.3 Å². The van der Waals surface area contributed by atoms with Crippen molar-refractivity contribution in [2.24, 2.45) is 0 Å². The van der Waals surface area contributed by atoms with Crippen LogP contribution in [0.25, 0.3) is 16.7 Å². The molecule has 186 valence electrons. The normalized spacial score (nSPS) is 18.1. The molecule has 1 saturated carbocycles. The van der Waals surface area contributed by atoms with Crippen molar-refractivity contribution < 1.29 is 14.6 Å². The summed E-state index contributed by atoms with van der Waals surface area (Å²) in [7, 11) is 0. The van der Waals surface area contributed by atoms with Crippen molar-refractivity contribution >= 4 is 28.7 Å². The van der Waals surface area contributed by atoms with Gasteiger partial charge in [-0.15, -0.1) is 0 Å². The number of carbonyl (C=O) groups excluding carboxylic acids is 1. The lowest BCUT2D eigenvalue weighted by Gasteiger charge is -2.38. The Morgan fingerprint density at radius 3 is 2.46 bits per heavy atom. The number of hydrogen-bond acceptors (Lipinski definition) is 5. The summed E-state index contributed by atoms with van der Waals surface area (Å²) in [4.78, 5) is 31.7. The fraction of sp³-hybridized carbons (Fsp3) is 0.500. The fourth-order valence-corrected chi connectivity index (χ4v) is 4.95. The second kappa shape index (κ2) is 8.68. The molecule has 1 N–H and O–H groups in total. The molecule has 8 nitrogen and oxygen atoms in total. The molecule has 9 heteroatoms. The molecule has 1 aliphatic carbocycles. The molecule has 1 aromatic carbocycles. The van der Waals surface area contributed by atoms with E-state index >= 15 is 0 Å². The Morgan fingerprint density at radius 1 is 1.20 bits per heavy atom. The minimum atomic E-state index is -1.12. The quantitative estimate of drug-likeness (QED) is 0.572. The Kier molecular flexibility index (Phi) is 5.92. The number of ether oxygens (including phenoxy) is 1. The molecule has 35 heavy (non-hydrogen) atoms. The molecule has 2 fully saturated rings. The lowest BCUT2D eigenvalue weighted by atomic mass is 9.91. The van der Waals surface area contributed by atoms with Gasteiger partial charge in [0, 0.05) is 18.8 Å². The highest BCUT2D eigenvalue weighted by molar-refractivity contribution is 6.31. The maximum absolute atomic E-state index is 13.3. The number of hydrogen-bond donors (Lipinski definition) is 1. The van der Waals surface area contributed by atoms with Crippen LogP contribution in [0, 0.1) is 0 Å². The first-order valence-electron chi connectivity index (χ1n) is 12.1. The molecule has 2 aliphatic rings. The maximum atomic E-state index is 13.3. The molecule has 0 bridgehead atoms. The lowest BCUT2D eigenvalue weighted by molar-refractivity contribution is -0.0419. The number of aromatic nitrogens is 3. The van der Waals surface area contributed by atoms with Crippen LogP contribution >= 0.6 is 11.6 Å². The molecule has 0 unspecified atom stereocenters. The number of halogens is 1. The van der Waals surface area contributed by atoms with Crippen LogP contribution in [-0.4, -0.2) is 54.5 Å². The van der Waals surface area contributed by atoms with Gasteiger partial charge >= 0.3 is 6.09 Å². The smallest absolute Gasteiger partial charge is 0.410 e. The average Bonchev–Trinajstić information content (AvgIpc) is 3.58. The summed E-state index contributed by atoms with van der Waals surface area (Å²) >= 11 is 6.53. The van der Waals surface area contributed by atoms with Crippen molar-refractivity contribution in [2.75, 3.05) is 13.1 Å². The molecule has 1 saturated heterocycles. The molecular weight excluding hydrogens is 468 g/mol. The SMILES string of the molecule is CC(C)(C)OC(=O)N1CCC(O)(Cn2cnc3c(cc(Cl)n3-c3ccc(C4CC4)cc3)c2=O)CC1. The summed E-state index contributed by atoms with van der Waals surface area (Å²) < 4.78 is 8.63. The molecule has 3 heterocycles. The summed E-state index contributed by atoms with van der Waals surface area (Å²) in [6, 6.07) is 9.86. The van der Waals surface area contributed by atoms with Gasteiger partial charge in [0.2, 0.25) is 0 Å². The standard InChI is InChI=1S/C26H31ClN4O4/c1-25(2,3)35-24(33)29-12-10-26(34,11-13-29)15-30-16-28-22-20(23(30)32)14-21(27)31(22)19-8-6-18(7-9-19)17-4-5-17/h6-9,14,16-17,34H,4-5,10-13,15H2,1-3H3. The van der Waals surface area contributed by atoms with Crippen LogP contribution in [0.2, 0.25) is 5.15 Å². The van der Waals surface area contributed by atoms with Crippen LogP contribution in [0.3, 0.4) is 0 Å². The van der Waals surface area contributed by atoms with Gasteiger partial charge in [0.05, 0.1) is 17.5 Å². The summed E-state index contributed by atoms with van der Waals surface area (Å²) in [5.41, 5.74) is 0.712. The number of amides is 1. The summed E-state index contributed by atoms with van der Waals surface area (Å²) in [6.45, 7) is 6.27. The van der Waals surface area contributed by atoms with Crippen LogP contribution < -0.4 is 5.56 Å². The number of likely N-dealkylation sites (tertiary alicyclic amines) is 1. The third kappa shape index (κ3) is 4.95. The van der Waals surface area contributed by atoms with Crippen molar-refractivity contribution in [3.63, 3.8) is 0 Å². The first kappa shape index (κ1) is 23.9. The average molecular weight is 499 g/mol. The van der Waals surface area contributed by atoms with Gasteiger partial charge < -0.3 is 14.7 Å². The highest BCUT2D eigenvalue weighted by atomic mass is 35.5. The zero-order valence-corrected chi connectivity index (χ0v) is 21.1. The van der Waals surface area contributed by atoms with E-state index in [-0.39, 0.29) is 18.2 Å². The first-order valence-corrected chi connectivity index (χ1v) is 12.5. The first-order chi connectivity index (χ1) is 16.5. The van der Waals surface area contributed by atoms with E-state index in [4.69, 9.17) is 16.3 Å². The van der Waals surface area contributed by atoms with Gasteiger partial charge in [-0.3, -0.25) is 13.9 Å². The van der Waals surface area contributed by atoms with Crippen molar-refractivity contribution in [3.05, 3.63) is 57.7 Å². The molecule has 0 spiro atoms. The number of fused-ring (bicyclic) bond motifs is 1. The zero-order chi connectivity index (χ0) is 25.0. The summed E-state index contributed by atoms with van der Waals surface area (Å²) in [5.74, 6) is 0.660. The second-order valence-electron chi connectivity index (χ2n) is 10.8. The molecule has 2 aromatic heterocycles. The number of carbonyl (C=O) groups is 1. The van der Waals surface area contributed by atoms with E-state index in [1.165, 1.54) is 29.3 Å². The third-order valence-electron chi connectivity index (χ3n) is 6.75. The van der Waals surface area contributed by atoms with Crippen LogP contribution in [0.15, 0.2) is 41.5 Å². The van der Waals surface area contributed by atoms with Gasteiger partial charge in [0.15, 0.2) is 5.65 Å². The number of nitrogens with zero attached hydrogens (tertiary/aromatic N) is 4. The Balaban J connectivity index is 1.34. The van der Waals surface area contributed by atoms with Gasteiger partial charge in [-0.05, 0) is 76.1 Å². The summed E-state index contributed by atoms with van der Waals surface area (Å²) in [5, 5.41) is 12.0. The van der Waals surface area contributed by atoms with Crippen LogP contribution in [0.1, 0.15) is 57.9 Å². The third-order valence-corrected chi connectivity index (χ3v) is 7.03. The molecular formula is C26H31ClN4O4. The lowest BCUT2D eigenvalue weighted by Crippen LogP contribution is -2.50. The van der Waals surface area contributed by atoms with Crippen molar-refractivity contribution in [1.82, 2.24) is 19.0 Å². The number of rotatable bonds is 4. The van der Waals surface area contributed by atoms with Crippen molar-refractivity contribution in [1.29, 1.82) is 0 Å². The minimum absolute atomic E-state index is 0.0931. The Morgan fingerprint density at radius 2 is 1.86 bits per heavy atom. The van der Waals surface area contributed by atoms with E-state index in [2.05, 4.69) is 17.1 Å². The van der Waals surface area contributed by atoms with E-state index in [1.54, 1.807) is 15.5 Å². The van der Waals surface area contributed by atoms with Crippen molar-refractivity contribution in [2.45, 2.75) is 70.1 Å². The highest BCUT2D eigenvalue weighted by Gasteiger charge is 2.36. The Bertz CT molecular complexity index is 1310. The van der Waals surface area contributed by atoms with Gasteiger partial charge in [-0.1, -0.05) is 23.7 Å². The largest absolute Gasteiger partial charge is 0.444 e. The maximum Gasteiger partial charge on any atom is 0.410 e. The monoisotopic (exact) mass is 498 g/mol. The second-order valence-corrected chi connectivity index (χ2v) is 11.2. The van der Waals surface area contributed by atoms with E-state index < -0.39 is 11.2 Å². The van der Waals surface area contributed by atoms with Gasteiger partial charge in [0.1, 0.15) is 17.1 Å². The van der Waals surface area contributed by atoms with Crippen LogP contribution in [0.4, 0.5) is 4.79 Å². The van der Waals surface area contributed by atoms with Gasteiger partial charge in [0.25, 0.3) is 5.56 Å². The van der Waals surface area contributed by atoms with E-state index in [9.17, 15) is 14.7 Å². The highest BCUT2D eigenvalue weighted by Crippen LogP contribution is 2.40. The van der Waals surface area contributed by atoms with E-state index in [0.717, 1.165) is 5.69 Å². The van der Waals surface area contributed by atoms with Gasteiger partial charge in [-0.2, -0.15) is 0 Å². The molecule has 1 amide bonds. The number of benzene rings is 1. The fourth-order valence-electron chi connectivity index (χ4n) is 4.66. The molecule has 0 atom stereocenters. The Hall–Kier alpha value is -2.84. The number of piperidine rings is 1. The molecule has 1 aliphatic heterocycles. The Labute approximate surface area is 209 Å². The molecule has 3 aromatic rings. The van der Waals surface area contributed by atoms with E-state index in [0.29, 0.717) is 48.0 Å². The molecule has 0 radical (unpaired) electrons. The predicted molar refractivity (Wildman–Crippen MR) is 134 cm³/mol. The number of aliphatic hydroxyl groups is 1. The topological polar surface area (TPSA) is 89.6 Å². The zero-order valence-electron chi connectivity index (χ0n) is 20.3. The van der Waals surface area contributed by atoms with Crippen LogP contribution in [0.5, 0.6) is 0 Å². The van der Waals surface area contributed by atoms with Crippen molar-refractivity contribution in [3.8, 4) is 5.69 Å². The molecule has 5 rings (SSSR count). The summed E-state index contributed by atoms with van der Waals surface area (Å²) in [6.07, 6.45) is 4.23.